The monoisotopic (exact) mass is 281 g/mol. The van der Waals surface area contributed by atoms with E-state index >= 15 is 0 Å². The molecule has 0 radical (unpaired) electrons. The van der Waals surface area contributed by atoms with E-state index in [0.717, 1.165) is 37.2 Å². The minimum absolute atomic E-state index is 0.0778. The van der Waals surface area contributed by atoms with Crippen LogP contribution >= 0.6 is 11.6 Å². The molecule has 4 heteroatoms. The number of nitrogens with zero attached hydrogens (tertiary/aromatic N) is 1. The van der Waals surface area contributed by atoms with Crippen molar-refractivity contribution in [3.05, 3.63) is 28.8 Å². The van der Waals surface area contributed by atoms with Gasteiger partial charge in [-0.25, -0.2) is 0 Å². The number of rotatable bonds is 3. The van der Waals surface area contributed by atoms with Gasteiger partial charge >= 0.3 is 0 Å². The number of hydrogen-bond acceptors (Lipinski definition) is 2. The lowest BCUT2D eigenvalue weighted by Crippen LogP contribution is -2.43. The van der Waals surface area contributed by atoms with Crippen molar-refractivity contribution >= 4 is 17.5 Å². The number of carbonyl (C=O) groups excluding carboxylic acids is 1. The van der Waals surface area contributed by atoms with Crippen LogP contribution in [-0.4, -0.2) is 30.0 Å². The van der Waals surface area contributed by atoms with Gasteiger partial charge in [-0.2, -0.15) is 0 Å². The second-order valence-corrected chi connectivity index (χ2v) is 5.49. The number of piperidine rings is 1. The molecule has 1 aliphatic heterocycles. The number of benzene rings is 1. The van der Waals surface area contributed by atoms with E-state index in [-0.39, 0.29) is 5.91 Å². The Morgan fingerprint density at radius 3 is 2.63 bits per heavy atom. The molecule has 1 atom stereocenters. The van der Waals surface area contributed by atoms with Gasteiger partial charge in [-0.15, -0.1) is 0 Å². The highest BCUT2D eigenvalue weighted by Gasteiger charge is 2.23. The van der Waals surface area contributed by atoms with Gasteiger partial charge in [0.1, 0.15) is 5.75 Å². The smallest absolute Gasteiger partial charge is 0.263 e. The molecule has 2 rings (SSSR count). The normalized spacial score (nSPS) is 17.1. The molecule has 1 aliphatic rings. The Bertz CT molecular complexity index is 455. The van der Waals surface area contributed by atoms with Crippen molar-refractivity contribution in [1.82, 2.24) is 4.90 Å². The summed E-state index contributed by atoms with van der Waals surface area (Å²) < 4.78 is 5.77. The second-order valence-electron chi connectivity index (χ2n) is 5.06. The Hall–Kier alpha value is -1.22. The van der Waals surface area contributed by atoms with Crippen LogP contribution < -0.4 is 4.74 Å². The molecule has 3 nitrogen and oxygen atoms in total. The molecular weight excluding hydrogens is 262 g/mol. The number of amides is 1. The highest BCUT2D eigenvalue weighted by atomic mass is 35.5. The Morgan fingerprint density at radius 1 is 1.32 bits per heavy atom. The van der Waals surface area contributed by atoms with Crippen LogP contribution in [0.1, 0.15) is 31.7 Å². The third-order valence-corrected chi connectivity index (χ3v) is 3.69. The molecule has 0 bridgehead atoms. The van der Waals surface area contributed by atoms with E-state index in [1.54, 1.807) is 6.07 Å². The Labute approximate surface area is 119 Å². The third-order valence-electron chi connectivity index (χ3n) is 3.46. The number of carbonyl (C=O) groups is 1. The zero-order valence-electron chi connectivity index (χ0n) is 11.5. The summed E-state index contributed by atoms with van der Waals surface area (Å²) in [6.07, 6.45) is 2.96. The lowest BCUT2D eigenvalue weighted by Gasteiger charge is -2.29. The minimum Gasteiger partial charge on any atom is -0.481 e. The summed E-state index contributed by atoms with van der Waals surface area (Å²) in [5, 5.41) is 0.680. The van der Waals surface area contributed by atoms with Crippen LogP contribution in [0.3, 0.4) is 0 Å². The predicted octanol–water partition coefficient (Wildman–Crippen LogP) is 3.43. The molecule has 0 spiro atoms. The van der Waals surface area contributed by atoms with Crippen molar-refractivity contribution in [1.29, 1.82) is 0 Å². The van der Waals surface area contributed by atoms with Crippen LogP contribution in [0, 0.1) is 6.92 Å². The number of likely N-dealkylation sites (tertiary alicyclic amines) is 1. The SMILES string of the molecule is Cc1cc(Cl)ccc1OC(C)C(=O)N1CCCCC1. The minimum atomic E-state index is -0.446. The van der Waals surface area contributed by atoms with Gasteiger partial charge in [0.15, 0.2) is 6.10 Å². The highest BCUT2D eigenvalue weighted by Crippen LogP contribution is 2.23. The molecular formula is C15H20ClNO2. The molecule has 1 fully saturated rings. The lowest BCUT2D eigenvalue weighted by molar-refractivity contribution is -0.138. The summed E-state index contributed by atoms with van der Waals surface area (Å²) in [6, 6.07) is 5.44. The molecule has 0 saturated carbocycles. The number of ether oxygens (including phenoxy) is 1. The zero-order valence-corrected chi connectivity index (χ0v) is 12.2. The molecule has 1 amide bonds. The molecule has 1 saturated heterocycles. The average molecular weight is 282 g/mol. The molecule has 0 aliphatic carbocycles. The van der Waals surface area contributed by atoms with Crippen LogP contribution in [0.2, 0.25) is 5.02 Å². The van der Waals surface area contributed by atoms with Crippen LogP contribution in [0.15, 0.2) is 18.2 Å². The molecule has 1 heterocycles. The van der Waals surface area contributed by atoms with Crippen LogP contribution in [0.4, 0.5) is 0 Å². The van der Waals surface area contributed by atoms with Gasteiger partial charge in [0.25, 0.3) is 5.91 Å². The largest absolute Gasteiger partial charge is 0.481 e. The summed E-state index contributed by atoms with van der Waals surface area (Å²) in [7, 11) is 0. The zero-order chi connectivity index (χ0) is 13.8. The molecule has 1 unspecified atom stereocenters. The van der Waals surface area contributed by atoms with Gasteiger partial charge < -0.3 is 9.64 Å². The lowest BCUT2D eigenvalue weighted by atomic mass is 10.1. The summed E-state index contributed by atoms with van der Waals surface area (Å²) in [5.74, 6) is 0.802. The molecule has 1 aromatic carbocycles. The Kier molecular flexibility index (Phi) is 4.70. The summed E-state index contributed by atoms with van der Waals surface area (Å²) in [4.78, 5) is 14.2. The van der Waals surface area contributed by atoms with Crippen molar-refractivity contribution in [2.24, 2.45) is 0 Å². The van der Waals surface area contributed by atoms with Crippen molar-refractivity contribution in [3.8, 4) is 5.75 Å². The number of halogens is 1. The molecule has 1 aromatic rings. The van der Waals surface area contributed by atoms with Crippen molar-refractivity contribution in [3.63, 3.8) is 0 Å². The summed E-state index contributed by atoms with van der Waals surface area (Å²) in [5.41, 5.74) is 0.950. The Balaban J connectivity index is 1.99. The van der Waals surface area contributed by atoms with E-state index < -0.39 is 6.10 Å². The summed E-state index contributed by atoms with van der Waals surface area (Å²) >= 11 is 5.91. The predicted molar refractivity (Wildman–Crippen MR) is 76.7 cm³/mol. The number of hydrogen-bond donors (Lipinski definition) is 0. The van der Waals surface area contributed by atoms with Gasteiger partial charge in [-0.3, -0.25) is 4.79 Å². The van der Waals surface area contributed by atoms with Gasteiger partial charge in [0, 0.05) is 18.1 Å². The molecule has 19 heavy (non-hydrogen) atoms. The first kappa shape index (κ1) is 14.2. The highest BCUT2D eigenvalue weighted by molar-refractivity contribution is 6.30. The molecule has 0 aromatic heterocycles. The van der Waals surface area contributed by atoms with Gasteiger partial charge in [-0.05, 0) is 56.9 Å². The topological polar surface area (TPSA) is 29.5 Å². The average Bonchev–Trinajstić information content (AvgIpc) is 2.42. The van der Waals surface area contributed by atoms with E-state index in [4.69, 9.17) is 16.3 Å². The van der Waals surface area contributed by atoms with E-state index in [9.17, 15) is 4.79 Å². The first-order chi connectivity index (χ1) is 9.08. The summed E-state index contributed by atoms with van der Waals surface area (Å²) in [6.45, 7) is 5.45. The number of aryl methyl sites for hydroxylation is 1. The van der Waals surface area contributed by atoms with Gasteiger partial charge in [-0.1, -0.05) is 11.6 Å². The molecule has 0 N–H and O–H groups in total. The first-order valence-corrected chi connectivity index (χ1v) is 7.17. The second kappa shape index (κ2) is 6.29. The van der Waals surface area contributed by atoms with Crippen LogP contribution in [0.5, 0.6) is 5.75 Å². The van der Waals surface area contributed by atoms with E-state index in [0.29, 0.717) is 5.02 Å². The van der Waals surface area contributed by atoms with Crippen molar-refractivity contribution in [2.45, 2.75) is 39.2 Å². The van der Waals surface area contributed by atoms with Gasteiger partial charge in [0.2, 0.25) is 0 Å². The maximum absolute atomic E-state index is 12.3. The van der Waals surface area contributed by atoms with E-state index in [1.165, 1.54) is 6.42 Å². The first-order valence-electron chi connectivity index (χ1n) is 6.79. The fraction of sp³-hybridized carbons (Fsp3) is 0.533. The molecule has 104 valence electrons. The quantitative estimate of drug-likeness (QED) is 0.849. The fourth-order valence-electron chi connectivity index (χ4n) is 2.36. The third kappa shape index (κ3) is 3.63. The van der Waals surface area contributed by atoms with Crippen LogP contribution in [-0.2, 0) is 4.79 Å². The van der Waals surface area contributed by atoms with E-state index in [2.05, 4.69) is 0 Å². The van der Waals surface area contributed by atoms with E-state index in [1.807, 2.05) is 30.9 Å². The standard InChI is InChI=1S/C15H20ClNO2/c1-11-10-13(16)6-7-14(11)19-12(2)15(18)17-8-4-3-5-9-17/h6-7,10,12H,3-5,8-9H2,1-2H3. The Morgan fingerprint density at radius 2 is 2.00 bits per heavy atom. The fourth-order valence-corrected chi connectivity index (χ4v) is 2.58. The van der Waals surface area contributed by atoms with Crippen molar-refractivity contribution < 1.29 is 9.53 Å². The van der Waals surface area contributed by atoms with Gasteiger partial charge in [0.05, 0.1) is 0 Å². The van der Waals surface area contributed by atoms with Crippen LogP contribution in [0.25, 0.3) is 0 Å². The van der Waals surface area contributed by atoms with Crippen molar-refractivity contribution in [2.75, 3.05) is 13.1 Å². The maximum atomic E-state index is 12.3. The maximum Gasteiger partial charge on any atom is 0.263 e.